The monoisotopic (exact) mass is 1030 g/mol. The third kappa shape index (κ3) is 14.0. The van der Waals surface area contributed by atoms with Crippen molar-refractivity contribution in [2.24, 2.45) is 35.3 Å². The van der Waals surface area contributed by atoms with Gasteiger partial charge in [0.05, 0.1) is 47.6 Å². The lowest BCUT2D eigenvalue weighted by atomic mass is 9.83. The second-order valence-electron chi connectivity index (χ2n) is 19.1. The maximum absolute atomic E-state index is 14.9. The summed E-state index contributed by atoms with van der Waals surface area (Å²) >= 11 is 1.10. The number of hydrogen-bond acceptors (Lipinski definition) is 15. The Morgan fingerprint density at radius 1 is 0.836 bits per heavy atom. The highest BCUT2D eigenvalue weighted by atomic mass is 32.2. The predicted octanol–water partition coefficient (Wildman–Crippen LogP) is 1.97. The SMILES string of the molecule is CC[C@H](C)[C@@H]1NC(=O)CNC(=O)[C@H]2CC(=O)[C@H]([C@@H](C)C(C)C)NC(=O)C3C[C@@H](OC(=O)Oc4ccc([N+](=O)[O-])cc4)CN3C(=O)[C@H](CC(N)=O)CC(=O)[C@H](CSc3[nH]c4ccccc4c3C2)NC(=O)CNC1=O. The van der Waals surface area contributed by atoms with Gasteiger partial charge < -0.3 is 51.7 Å². The van der Waals surface area contributed by atoms with Crippen LogP contribution in [0.4, 0.5) is 10.5 Å². The summed E-state index contributed by atoms with van der Waals surface area (Å²) in [6, 6.07) is 6.35. The molecule has 1 unspecified atom stereocenters. The van der Waals surface area contributed by atoms with Crippen LogP contribution in [0.5, 0.6) is 5.75 Å². The van der Waals surface area contributed by atoms with Crippen LogP contribution in [0.1, 0.15) is 72.3 Å². The highest BCUT2D eigenvalue weighted by Gasteiger charge is 2.46. The van der Waals surface area contributed by atoms with Gasteiger partial charge in [-0.15, -0.1) is 11.8 Å². The first-order valence-electron chi connectivity index (χ1n) is 24.1. The molecule has 392 valence electrons. The van der Waals surface area contributed by atoms with Crippen LogP contribution in [0.2, 0.25) is 0 Å². The lowest BCUT2D eigenvalue weighted by molar-refractivity contribution is -0.384. The van der Waals surface area contributed by atoms with Gasteiger partial charge in [0, 0.05) is 60.4 Å². The van der Waals surface area contributed by atoms with Crippen molar-refractivity contribution in [1.29, 1.82) is 0 Å². The number of nitro groups is 1. The molecule has 7 amide bonds. The fourth-order valence-corrected chi connectivity index (χ4v) is 10.2. The number of primary amides is 1. The van der Waals surface area contributed by atoms with Gasteiger partial charge in [0.15, 0.2) is 11.6 Å². The van der Waals surface area contributed by atoms with Crippen LogP contribution in [-0.4, -0.2) is 130 Å². The number of Topliss-reactive ketones (excluding diaryl/α,β-unsaturated/α-hetero) is 2. The van der Waals surface area contributed by atoms with E-state index in [1.807, 2.05) is 13.8 Å². The number of H-pyrrole nitrogens is 1. The molecule has 0 radical (unpaired) electrons. The Kier molecular flexibility index (Phi) is 18.3. The Morgan fingerprint density at radius 2 is 1.51 bits per heavy atom. The molecule has 24 heteroatoms. The molecule has 9 atom stereocenters. The van der Waals surface area contributed by atoms with Gasteiger partial charge in [0.1, 0.15) is 23.9 Å². The first-order valence-corrected chi connectivity index (χ1v) is 25.1. The maximum atomic E-state index is 14.9. The van der Waals surface area contributed by atoms with E-state index in [9.17, 15) is 58.1 Å². The van der Waals surface area contributed by atoms with E-state index >= 15 is 0 Å². The molecule has 6 rings (SSSR count). The zero-order valence-electron chi connectivity index (χ0n) is 41.1. The second-order valence-corrected chi connectivity index (χ2v) is 20.1. The van der Waals surface area contributed by atoms with E-state index in [-0.39, 0.29) is 35.9 Å². The average Bonchev–Trinajstić information content (AvgIpc) is 3.93. The zero-order chi connectivity index (χ0) is 53.3. The summed E-state index contributed by atoms with van der Waals surface area (Å²) in [6.45, 7) is 7.19. The molecule has 1 fully saturated rings. The van der Waals surface area contributed by atoms with Crippen molar-refractivity contribution in [2.45, 2.75) is 108 Å². The average molecular weight is 1030 g/mol. The molecule has 1 saturated heterocycles. The molecule has 1 aromatic heterocycles. The van der Waals surface area contributed by atoms with Crippen LogP contribution >= 0.6 is 11.8 Å². The number of aromatic amines is 1. The highest BCUT2D eigenvalue weighted by Crippen LogP contribution is 2.35. The third-order valence-electron chi connectivity index (χ3n) is 13.6. The number of nitro benzene ring substituents is 1. The summed E-state index contributed by atoms with van der Waals surface area (Å²) in [5.74, 6) is -11.3. The van der Waals surface area contributed by atoms with Gasteiger partial charge in [0.2, 0.25) is 41.4 Å². The highest BCUT2D eigenvalue weighted by molar-refractivity contribution is 7.99. The minimum Gasteiger partial charge on any atom is -0.429 e. The number of ether oxygens (including phenoxy) is 2. The van der Waals surface area contributed by atoms with E-state index in [1.165, 1.54) is 0 Å². The Labute approximate surface area is 424 Å². The van der Waals surface area contributed by atoms with Gasteiger partial charge in [-0.2, -0.15) is 0 Å². The number of benzene rings is 2. The van der Waals surface area contributed by atoms with Crippen molar-refractivity contribution in [3.05, 3.63) is 64.2 Å². The third-order valence-corrected chi connectivity index (χ3v) is 14.8. The molecule has 73 heavy (non-hydrogen) atoms. The number of nitrogens with two attached hydrogens (primary N) is 1. The number of hydrogen-bond donors (Lipinski definition) is 7. The van der Waals surface area contributed by atoms with E-state index in [2.05, 4.69) is 31.6 Å². The summed E-state index contributed by atoms with van der Waals surface area (Å²) < 4.78 is 10.8. The number of ketones is 2. The van der Waals surface area contributed by atoms with Crippen LogP contribution in [-0.2, 0) is 54.3 Å². The maximum Gasteiger partial charge on any atom is 0.514 e. The zero-order valence-corrected chi connectivity index (χ0v) is 41.9. The van der Waals surface area contributed by atoms with Gasteiger partial charge in [-0.25, -0.2) is 4.79 Å². The van der Waals surface area contributed by atoms with Crippen LogP contribution in [0, 0.1) is 39.7 Å². The Hall–Kier alpha value is -7.37. The topological polar surface area (TPSA) is 337 Å². The number of rotatable bonds is 9. The van der Waals surface area contributed by atoms with Gasteiger partial charge in [-0.3, -0.25) is 53.3 Å². The smallest absolute Gasteiger partial charge is 0.429 e. The normalized spacial score (nSPS) is 25.0. The summed E-state index contributed by atoms with van der Waals surface area (Å²) in [5, 5.41) is 25.6. The second kappa shape index (κ2) is 24.4. The molecule has 0 saturated carbocycles. The summed E-state index contributed by atoms with van der Waals surface area (Å²) in [6.07, 6.45) is -4.44. The van der Waals surface area contributed by atoms with Crippen molar-refractivity contribution < 1.29 is 62.3 Å². The number of carbonyl (C=O) groups excluding carboxylic acids is 10. The Balaban J connectivity index is 1.45. The van der Waals surface area contributed by atoms with E-state index in [1.54, 1.807) is 45.0 Å². The quantitative estimate of drug-likeness (QED) is 0.0697. The van der Waals surface area contributed by atoms with Crippen molar-refractivity contribution in [3.8, 4) is 5.75 Å². The number of amides is 7. The molecule has 4 heterocycles. The van der Waals surface area contributed by atoms with Crippen LogP contribution < -0.4 is 37.1 Å². The van der Waals surface area contributed by atoms with Gasteiger partial charge in [-0.05, 0) is 47.9 Å². The molecule has 2 bridgehead atoms. The molecule has 3 aromatic rings. The Morgan fingerprint density at radius 3 is 2.16 bits per heavy atom. The molecule has 0 aliphatic carbocycles. The van der Waals surface area contributed by atoms with E-state index in [4.69, 9.17) is 15.2 Å². The molecule has 8 N–H and O–H groups in total. The molecular weight excluding hydrogens is 971 g/mol. The number of aromatic nitrogens is 1. The number of non-ortho nitro benzene ring substituents is 1. The molecule has 0 spiro atoms. The lowest BCUT2D eigenvalue weighted by Crippen LogP contribution is -2.56. The van der Waals surface area contributed by atoms with Crippen molar-refractivity contribution in [3.63, 3.8) is 0 Å². The van der Waals surface area contributed by atoms with E-state index in [0.29, 0.717) is 27.9 Å². The van der Waals surface area contributed by atoms with Gasteiger partial charge in [0.25, 0.3) is 5.69 Å². The van der Waals surface area contributed by atoms with Crippen molar-refractivity contribution >= 4 is 87.4 Å². The number of carbonyl (C=O) groups is 10. The summed E-state index contributed by atoms with van der Waals surface area (Å²) in [7, 11) is 0. The first-order chi connectivity index (χ1) is 34.6. The van der Waals surface area contributed by atoms with E-state index in [0.717, 1.165) is 40.9 Å². The van der Waals surface area contributed by atoms with Gasteiger partial charge in [-0.1, -0.05) is 59.2 Å². The number of para-hydroxylation sites is 1. The number of thioether (sulfide) groups is 1. The first kappa shape index (κ1) is 55.0. The van der Waals surface area contributed by atoms with Crippen molar-refractivity contribution in [2.75, 3.05) is 25.4 Å². The number of fused-ring (bicyclic) bond motifs is 5. The molecular formula is C49H61N9O14S. The summed E-state index contributed by atoms with van der Waals surface area (Å²) in [5.41, 5.74) is 6.61. The standard InChI is InChI=1S/C49H61N9O14S/c1-6-25(4)42-46(66)52-20-40(62)53-35-23-73-47-33(32-9-7-8-10-34(32)54-47)15-27(44(64)51-21-41(63)55-42)16-38(60)43(26(5)24(2)3)56-45(65)36-19-31(22-57(36)48(67)28(17-37(35)59)18-39(50)61)72-49(68)71-30-13-11-29(12-14-30)58(69)70/h7-14,24-28,31,35-36,42-43,54H,6,15-23H2,1-5H3,(H2,50,61)(H,51,64)(H,52,66)(H,53,62)(H,55,63)(H,56,65)/t25-,26-,27+,28-,31+,35-,36?,42-,43-/m0/s1. The minimum atomic E-state index is -1.53. The van der Waals surface area contributed by atoms with Gasteiger partial charge >= 0.3 is 6.16 Å². The largest absolute Gasteiger partial charge is 0.514 e. The molecule has 3 aliphatic heterocycles. The molecule has 2 aromatic carbocycles. The minimum absolute atomic E-state index is 0.0915. The predicted molar refractivity (Wildman–Crippen MR) is 262 cm³/mol. The van der Waals surface area contributed by atoms with Crippen LogP contribution in [0.25, 0.3) is 10.9 Å². The molecule has 3 aliphatic rings. The fourth-order valence-electron chi connectivity index (χ4n) is 9.03. The number of nitrogens with one attached hydrogen (secondary N) is 6. The number of nitrogens with zero attached hydrogens (tertiary/aromatic N) is 2. The molecule has 23 nitrogen and oxygen atoms in total. The van der Waals surface area contributed by atoms with Crippen molar-refractivity contribution in [1.82, 2.24) is 36.5 Å². The summed E-state index contributed by atoms with van der Waals surface area (Å²) in [4.78, 5) is 155. The fraction of sp³-hybridized carbons (Fsp3) is 0.510. The van der Waals surface area contributed by atoms with Crippen LogP contribution in [0.15, 0.2) is 53.6 Å². The Bertz CT molecular complexity index is 2640. The van der Waals surface area contributed by atoms with E-state index < -0.39 is 157 Å². The lowest BCUT2D eigenvalue weighted by Gasteiger charge is -2.32. The van der Waals surface area contributed by atoms with Crippen LogP contribution in [0.3, 0.4) is 0 Å².